The van der Waals surface area contributed by atoms with Crippen LogP contribution in [-0.4, -0.2) is 31.3 Å². The van der Waals surface area contributed by atoms with E-state index < -0.39 is 0 Å². The first-order valence-electron chi connectivity index (χ1n) is 7.09. The molecule has 1 aliphatic heterocycles. The standard InChI is InChI=1S/C15H23ClN2O/c1-2-17-10-13-3-4-14(9-15(13)16)18-7-5-12(11-19)6-8-18/h3-4,9,12,17,19H,2,5-8,10-11H2,1H3. The van der Waals surface area contributed by atoms with Crippen molar-refractivity contribution >= 4 is 17.3 Å². The molecule has 1 aromatic rings. The van der Waals surface area contributed by atoms with Crippen LogP contribution in [0.5, 0.6) is 0 Å². The first-order valence-corrected chi connectivity index (χ1v) is 7.47. The second-order valence-corrected chi connectivity index (χ2v) is 5.58. The molecule has 0 saturated carbocycles. The largest absolute Gasteiger partial charge is 0.396 e. The van der Waals surface area contributed by atoms with Gasteiger partial charge in [0.25, 0.3) is 0 Å². The SMILES string of the molecule is CCNCc1ccc(N2CCC(CO)CC2)cc1Cl. The summed E-state index contributed by atoms with van der Waals surface area (Å²) in [4.78, 5) is 2.36. The van der Waals surface area contributed by atoms with E-state index in [1.165, 1.54) is 5.69 Å². The van der Waals surface area contributed by atoms with Gasteiger partial charge in [-0.05, 0) is 43.0 Å². The number of anilines is 1. The van der Waals surface area contributed by atoms with Gasteiger partial charge in [-0.2, -0.15) is 0 Å². The number of hydrogen-bond donors (Lipinski definition) is 2. The van der Waals surface area contributed by atoms with E-state index in [4.69, 9.17) is 16.7 Å². The van der Waals surface area contributed by atoms with Crippen LogP contribution in [0.4, 0.5) is 5.69 Å². The molecule has 19 heavy (non-hydrogen) atoms. The third-order valence-electron chi connectivity index (χ3n) is 3.84. The van der Waals surface area contributed by atoms with Crippen LogP contribution in [0.3, 0.4) is 0 Å². The van der Waals surface area contributed by atoms with E-state index in [2.05, 4.69) is 35.3 Å². The fraction of sp³-hybridized carbons (Fsp3) is 0.600. The van der Waals surface area contributed by atoms with E-state index in [0.717, 1.165) is 49.6 Å². The summed E-state index contributed by atoms with van der Waals surface area (Å²) in [6.07, 6.45) is 2.13. The number of halogens is 1. The van der Waals surface area contributed by atoms with Gasteiger partial charge in [0.15, 0.2) is 0 Å². The summed E-state index contributed by atoms with van der Waals surface area (Å²) < 4.78 is 0. The smallest absolute Gasteiger partial charge is 0.0471 e. The molecule has 0 radical (unpaired) electrons. The second-order valence-electron chi connectivity index (χ2n) is 5.17. The Labute approximate surface area is 120 Å². The first kappa shape index (κ1) is 14.6. The number of aliphatic hydroxyl groups is 1. The van der Waals surface area contributed by atoms with E-state index in [1.807, 2.05) is 0 Å². The highest BCUT2D eigenvalue weighted by Crippen LogP contribution is 2.27. The number of benzene rings is 1. The van der Waals surface area contributed by atoms with Gasteiger partial charge in [-0.15, -0.1) is 0 Å². The minimum Gasteiger partial charge on any atom is -0.396 e. The minimum atomic E-state index is 0.316. The molecule has 0 unspecified atom stereocenters. The fourth-order valence-electron chi connectivity index (χ4n) is 2.51. The Morgan fingerprint density at radius 2 is 2.11 bits per heavy atom. The number of aliphatic hydroxyl groups excluding tert-OH is 1. The van der Waals surface area contributed by atoms with E-state index in [9.17, 15) is 0 Å². The lowest BCUT2D eigenvalue weighted by molar-refractivity contribution is 0.203. The van der Waals surface area contributed by atoms with Crippen molar-refractivity contribution in [3.8, 4) is 0 Å². The van der Waals surface area contributed by atoms with Crippen LogP contribution in [0.1, 0.15) is 25.3 Å². The molecule has 2 N–H and O–H groups in total. The van der Waals surface area contributed by atoms with Gasteiger partial charge in [-0.3, -0.25) is 0 Å². The van der Waals surface area contributed by atoms with Crippen molar-refractivity contribution in [2.45, 2.75) is 26.3 Å². The Morgan fingerprint density at radius 1 is 1.37 bits per heavy atom. The van der Waals surface area contributed by atoms with E-state index in [-0.39, 0.29) is 0 Å². The fourth-order valence-corrected chi connectivity index (χ4v) is 2.75. The highest BCUT2D eigenvalue weighted by atomic mass is 35.5. The van der Waals surface area contributed by atoms with Gasteiger partial charge in [0, 0.05) is 37.0 Å². The van der Waals surface area contributed by atoms with Crippen molar-refractivity contribution in [2.24, 2.45) is 5.92 Å². The topological polar surface area (TPSA) is 35.5 Å². The molecule has 1 fully saturated rings. The van der Waals surface area contributed by atoms with Crippen LogP contribution in [0.15, 0.2) is 18.2 Å². The molecule has 0 spiro atoms. The molecular weight excluding hydrogens is 260 g/mol. The highest BCUT2D eigenvalue weighted by Gasteiger charge is 2.19. The van der Waals surface area contributed by atoms with Gasteiger partial charge >= 0.3 is 0 Å². The van der Waals surface area contributed by atoms with Crippen molar-refractivity contribution in [1.29, 1.82) is 0 Å². The molecule has 1 aliphatic rings. The zero-order chi connectivity index (χ0) is 13.7. The Balaban J connectivity index is 1.99. The molecule has 106 valence electrons. The first-order chi connectivity index (χ1) is 9.24. The Kier molecular flexibility index (Phi) is 5.49. The predicted octanol–water partition coefficient (Wildman–Crippen LogP) is 2.66. The van der Waals surface area contributed by atoms with Gasteiger partial charge in [0.1, 0.15) is 0 Å². The molecule has 0 bridgehead atoms. The summed E-state index contributed by atoms with van der Waals surface area (Å²) in [5.74, 6) is 0.472. The lowest BCUT2D eigenvalue weighted by atomic mass is 9.97. The molecule has 1 aromatic carbocycles. The monoisotopic (exact) mass is 282 g/mol. The van der Waals surface area contributed by atoms with E-state index in [1.54, 1.807) is 0 Å². The molecule has 0 aromatic heterocycles. The lowest BCUT2D eigenvalue weighted by Crippen LogP contribution is -2.34. The molecule has 0 aliphatic carbocycles. The van der Waals surface area contributed by atoms with Crippen LogP contribution in [0.25, 0.3) is 0 Å². The summed E-state index contributed by atoms with van der Waals surface area (Å²) in [6.45, 7) is 6.20. The van der Waals surface area contributed by atoms with Gasteiger partial charge in [0.2, 0.25) is 0 Å². The third-order valence-corrected chi connectivity index (χ3v) is 4.19. The summed E-state index contributed by atoms with van der Waals surface area (Å²) in [7, 11) is 0. The summed E-state index contributed by atoms with van der Waals surface area (Å²) in [5.41, 5.74) is 2.35. The number of nitrogens with one attached hydrogen (secondary N) is 1. The molecular formula is C15H23ClN2O. The predicted molar refractivity (Wildman–Crippen MR) is 80.9 cm³/mol. The van der Waals surface area contributed by atoms with Gasteiger partial charge in [-0.25, -0.2) is 0 Å². The Bertz CT molecular complexity index is 403. The van der Waals surface area contributed by atoms with E-state index in [0.29, 0.717) is 12.5 Å². The van der Waals surface area contributed by atoms with Crippen LogP contribution in [0, 0.1) is 5.92 Å². The third kappa shape index (κ3) is 3.85. The van der Waals surface area contributed by atoms with Crippen molar-refractivity contribution in [2.75, 3.05) is 31.1 Å². The van der Waals surface area contributed by atoms with Crippen molar-refractivity contribution < 1.29 is 5.11 Å². The number of nitrogens with zero attached hydrogens (tertiary/aromatic N) is 1. The number of piperidine rings is 1. The summed E-state index contributed by atoms with van der Waals surface area (Å²) in [6, 6.07) is 6.32. The van der Waals surface area contributed by atoms with Crippen LogP contribution < -0.4 is 10.2 Å². The average molecular weight is 283 g/mol. The summed E-state index contributed by atoms with van der Waals surface area (Å²) >= 11 is 6.33. The Morgan fingerprint density at radius 3 is 2.68 bits per heavy atom. The molecule has 0 atom stereocenters. The molecule has 3 nitrogen and oxygen atoms in total. The number of hydrogen-bond acceptors (Lipinski definition) is 3. The van der Waals surface area contributed by atoms with Gasteiger partial charge in [0.05, 0.1) is 0 Å². The van der Waals surface area contributed by atoms with Crippen molar-refractivity contribution in [1.82, 2.24) is 5.32 Å². The normalized spacial score (nSPS) is 16.9. The number of rotatable bonds is 5. The van der Waals surface area contributed by atoms with Crippen LogP contribution >= 0.6 is 11.6 Å². The average Bonchev–Trinajstić information content (AvgIpc) is 2.46. The highest BCUT2D eigenvalue weighted by molar-refractivity contribution is 6.31. The zero-order valence-corrected chi connectivity index (χ0v) is 12.3. The molecule has 2 rings (SSSR count). The quantitative estimate of drug-likeness (QED) is 0.872. The lowest BCUT2D eigenvalue weighted by Gasteiger charge is -2.33. The molecule has 1 heterocycles. The Hall–Kier alpha value is -0.770. The summed E-state index contributed by atoms with van der Waals surface area (Å²) in [5, 5.41) is 13.3. The second kappa shape index (κ2) is 7.13. The maximum Gasteiger partial charge on any atom is 0.0471 e. The maximum absolute atomic E-state index is 9.16. The van der Waals surface area contributed by atoms with Crippen molar-refractivity contribution in [3.63, 3.8) is 0 Å². The molecule has 0 amide bonds. The zero-order valence-electron chi connectivity index (χ0n) is 11.5. The van der Waals surface area contributed by atoms with Crippen LogP contribution in [-0.2, 0) is 6.54 Å². The van der Waals surface area contributed by atoms with Crippen molar-refractivity contribution in [3.05, 3.63) is 28.8 Å². The van der Waals surface area contributed by atoms with Gasteiger partial charge in [-0.1, -0.05) is 24.6 Å². The van der Waals surface area contributed by atoms with Gasteiger partial charge < -0.3 is 15.3 Å². The van der Waals surface area contributed by atoms with E-state index >= 15 is 0 Å². The molecule has 4 heteroatoms. The molecule has 1 saturated heterocycles. The maximum atomic E-state index is 9.16. The van der Waals surface area contributed by atoms with Crippen LogP contribution in [0.2, 0.25) is 5.02 Å². The minimum absolute atomic E-state index is 0.316.